The molecule has 0 aromatic heterocycles. The van der Waals surface area contributed by atoms with E-state index in [4.69, 9.17) is 5.73 Å². The molecule has 0 radical (unpaired) electrons. The molecule has 1 aromatic rings. The normalized spacial score (nSPS) is 22.8. The Morgan fingerprint density at radius 2 is 1.76 bits per heavy atom. The number of nitrogens with two attached hydrogens (primary N) is 1. The highest BCUT2D eigenvalue weighted by molar-refractivity contribution is 6.21. The minimum absolute atomic E-state index is 0.0221. The summed E-state index contributed by atoms with van der Waals surface area (Å²) < 4.78 is 0. The first-order valence-corrected chi connectivity index (χ1v) is 9.06. The van der Waals surface area contributed by atoms with Gasteiger partial charge in [0.2, 0.25) is 5.91 Å². The van der Waals surface area contributed by atoms with E-state index in [-0.39, 0.29) is 29.6 Å². The lowest BCUT2D eigenvalue weighted by Crippen LogP contribution is -2.43. The minimum Gasteiger partial charge on any atom is -0.356 e. The van der Waals surface area contributed by atoms with Crippen LogP contribution in [0.4, 0.5) is 0 Å². The van der Waals surface area contributed by atoms with Crippen molar-refractivity contribution in [3.8, 4) is 0 Å². The van der Waals surface area contributed by atoms with Crippen molar-refractivity contribution >= 4 is 17.7 Å². The van der Waals surface area contributed by atoms with Crippen LogP contribution in [0.1, 0.15) is 52.8 Å². The van der Waals surface area contributed by atoms with Crippen LogP contribution in [-0.4, -0.2) is 42.3 Å². The summed E-state index contributed by atoms with van der Waals surface area (Å²) in [6.45, 7) is 1.44. The molecule has 2 aliphatic rings. The van der Waals surface area contributed by atoms with Gasteiger partial charge < -0.3 is 11.1 Å². The van der Waals surface area contributed by atoms with Crippen LogP contribution in [0, 0.1) is 11.8 Å². The Bertz CT molecular complexity index is 639. The lowest BCUT2D eigenvalue weighted by Gasteiger charge is -2.32. The Hall–Kier alpha value is -2.21. The zero-order chi connectivity index (χ0) is 17.8. The molecule has 3 rings (SSSR count). The molecular weight excluding hydrogens is 318 g/mol. The lowest BCUT2D eigenvalue weighted by atomic mass is 9.78. The van der Waals surface area contributed by atoms with Gasteiger partial charge in [0.1, 0.15) is 0 Å². The Kier molecular flexibility index (Phi) is 5.48. The van der Waals surface area contributed by atoms with Crippen molar-refractivity contribution in [3.63, 3.8) is 0 Å². The molecule has 1 aromatic carbocycles. The number of benzene rings is 1. The molecule has 1 fully saturated rings. The number of nitrogens with zero attached hydrogens (tertiary/aromatic N) is 1. The van der Waals surface area contributed by atoms with Crippen LogP contribution in [0.15, 0.2) is 24.3 Å². The van der Waals surface area contributed by atoms with Gasteiger partial charge in [-0.25, -0.2) is 0 Å². The quantitative estimate of drug-likeness (QED) is 0.605. The Labute approximate surface area is 147 Å². The van der Waals surface area contributed by atoms with Crippen molar-refractivity contribution in [2.24, 2.45) is 17.6 Å². The molecule has 2 atom stereocenters. The summed E-state index contributed by atoms with van der Waals surface area (Å²) in [6.07, 6.45) is 4.46. The highest BCUT2D eigenvalue weighted by atomic mass is 16.2. The van der Waals surface area contributed by atoms with Crippen LogP contribution >= 0.6 is 0 Å². The maximum absolute atomic E-state index is 12.6. The van der Waals surface area contributed by atoms with Crippen LogP contribution in [0.3, 0.4) is 0 Å². The molecule has 3 amide bonds. The molecule has 1 aliphatic heterocycles. The molecule has 1 saturated carbocycles. The Morgan fingerprint density at radius 1 is 1.12 bits per heavy atom. The highest BCUT2D eigenvalue weighted by Gasteiger charge is 2.39. The molecular formula is C19H25N3O3. The van der Waals surface area contributed by atoms with E-state index in [9.17, 15) is 14.4 Å². The van der Waals surface area contributed by atoms with Crippen molar-refractivity contribution in [1.29, 1.82) is 0 Å². The fraction of sp³-hybridized carbons (Fsp3) is 0.526. The molecule has 1 aliphatic carbocycles. The molecule has 2 unspecified atom stereocenters. The second-order valence-electron chi connectivity index (χ2n) is 6.85. The van der Waals surface area contributed by atoms with E-state index in [0.717, 1.165) is 32.1 Å². The van der Waals surface area contributed by atoms with Gasteiger partial charge in [-0.2, -0.15) is 0 Å². The number of imide groups is 1. The first-order valence-electron chi connectivity index (χ1n) is 9.06. The third-order valence-electron chi connectivity index (χ3n) is 5.22. The third kappa shape index (κ3) is 3.58. The van der Waals surface area contributed by atoms with E-state index in [1.165, 1.54) is 4.90 Å². The molecule has 0 spiro atoms. The SMILES string of the molecule is NCCCNC(=O)C1CCCCC1CN1C(=O)c2ccccc2C1=O. The van der Waals surface area contributed by atoms with Crippen molar-refractivity contribution in [2.45, 2.75) is 32.1 Å². The molecule has 0 bridgehead atoms. The molecule has 0 saturated heterocycles. The smallest absolute Gasteiger partial charge is 0.261 e. The van der Waals surface area contributed by atoms with Gasteiger partial charge in [-0.05, 0) is 43.9 Å². The van der Waals surface area contributed by atoms with Gasteiger partial charge >= 0.3 is 0 Å². The van der Waals surface area contributed by atoms with Crippen LogP contribution in [0.5, 0.6) is 0 Å². The standard InChI is InChI=1S/C19H25N3O3/c20-10-5-11-21-17(23)14-7-2-1-6-13(14)12-22-18(24)15-8-3-4-9-16(15)19(22)25/h3-4,8-9,13-14H,1-2,5-7,10-12,20H2,(H,21,23). The highest BCUT2D eigenvalue weighted by Crippen LogP contribution is 2.33. The first kappa shape index (κ1) is 17.6. The summed E-state index contributed by atoms with van der Waals surface area (Å²) >= 11 is 0. The van der Waals surface area contributed by atoms with Crippen LogP contribution in [-0.2, 0) is 4.79 Å². The summed E-state index contributed by atoms with van der Waals surface area (Å²) in [6, 6.07) is 6.91. The molecule has 6 nitrogen and oxygen atoms in total. The van der Waals surface area contributed by atoms with Crippen molar-refractivity contribution in [1.82, 2.24) is 10.2 Å². The Balaban J connectivity index is 1.69. The van der Waals surface area contributed by atoms with E-state index >= 15 is 0 Å². The fourth-order valence-electron chi connectivity index (χ4n) is 3.86. The van der Waals surface area contributed by atoms with E-state index < -0.39 is 0 Å². The van der Waals surface area contributed by atoms with Gasteiger partial charge in [0.25, 0.3) is 11.8 Å². The van der Waals surface area contributed by atoms with Gasteiger partial charge in [-0.3, -0.25) is 19.3 Å². The predicted octanol–water partition coefficient (Wildman–Crippen LogP) is 1.55. The number of carbonyl (C=O) groups is 3. The van der Waals surface area contributed by atoms with E-state index in [0.29, 0.717) is 30.8 Å². The minimum atomic E-state index is -0.242. The van der Waals surface area contributed by atoms with E-state index in [1.54, 1.807) is 24.3 Å². The number of carbonyl (C=O) groups excluding carboxylic acids is 3. The van der Waals surface area contributed by atoms with Crippen LogP contribution < -0.4 is 11.1 Å². The Morgan fingerprint density at radius 3 is 2.40 bits per heavy atom. The molecule has 1 heterocycles. The van der Waals surface area contributed by atoms with Crippen molar-refractivity contribution < 1.29 is 14.4 Å². The predicted molar refractivity (Wildman–Crippen MR) is 93.9 cm³/mol. The largest absolute Gasteiger partial charge is 0.356 e. The fourth-order valence-corrected chi connectivity index (χ4v) is 3.86. The number of hydrogen-bond donors (Lipinski definition) is 2. The average molecular weight is 343 g/mol. The van der Waals surface area contributed by atoms with Crippen LogP contribution in [0.25, 0.3) is 0 Å². The topological polar surface area (TPSA) is 92.5 Å². The maximum Gasteiger partial charge on any atom is 0.261 e. The third-order valence-corrected chi connectivity index (χ3v) is 5.22. The number of amides is 3. The summed E-state index contributed by atoms with van der Waals surface area (Å²) in [5, 5.41) is 2.94. The summed E-state index contributed by atoms with van der Waals surface area (Å²) in [5.41, 5.74) is 6.40. The van der Waals surface area contributed by atoms with Crippen LogP contribution in [0.2, 0.25) is 0 Å². The maximum atomic E-state index is 12.6. The summed E-state index contributed by atoms with van der Waals surface area (Å²) in [5.74, 6) is -0.582. The monoisotopic (exact) mass is 343 g/mol. The van der Waals surface area contributed by atoms with Gasteiger partial charge in [-0.1, -0.05) is 25.0 Å². The summed E-state index contributed by atoms with van der Waals surface area (Å²) in [4.78, 5) is 38.9. The van der Waals surface area contributed by atoms with E-state index in [1.807, 2.05) is 0 Å². The second kappa shape index (κ2) is 7.78. The van der Waals surface area contributed by atoms with Gasteiger partial charge in [0, 0.05) is 19.0 Å². The second-order valence-corrected chi connectivity index (χ2v) is 6.85. The number of fused-ring (bicyclic) bond motifs is 1. The molecule has 134 valence electrons. The number of hydrogen-bond acceptors (Lipinski definition) is 4. The number of rotatable bonds is 6. The lowest BCUT2D eigenvalue weighted by molar-refractivity contribution is -0.128. The van der Waals surface area contributed by atoms with Gasteiger partial charge in [0.15, 0.2) is 0 Å². The zero-order valence-electron chi connectivity index (χ0n) is 14.4. The van der Waals surface area contributed by atoms with Crippen molar-refractivity contribution in [3.05, 3.63) is 35.4 Å². The molecule has 6 heteroatoms. The zero-order valence-corrected chi connectivity index (χ0v) is 14.4. The molecule has 25 heavy (non-hydrogen) atoms. The average Bonchev–Trinajstić information content (AvgIpc) is 2.88. The van der Waals surface area contributed by atoms with Gasteiger partial charge in [-0.15, -0.1) is 0 Å². The number of nitrogens with one attached hydrogen (secondary N) is 1. The first-order chi connectivity index (χ1) is 12.1. The van der Waals surface area contributed by atoms with E-state index in [2.05, 4.69) is 5.32 Å². The van der Waals surface area contributed by atoms with Gasteiger partial charge in [0.05, 0.1) is 11.1 Å². The summed E-state index contributed by atoms with van der Waals surface area (Å²) in [7, 11) is 0. The molecule has 3 N–H and O–H groups in total. The van der Waals surface area contributed by atoms with Crippen molar-refractivity contribution in [2.75, 3.05) is 19.6 Å².